The van der Waals surface area contributed by atoms with Crippen LogP contribution in [0.1, 0.15) is 36.3 Å². The molecule has 5 heteroatoms. The number of nitrogens with one attached hydrogen (secondary N) is 1. The highest BCUT2D eigenvalue weighted by Crippen LogP contribution is 2.23. The zero-order valence-electron chi connectivity index (χ0n) is 11.6. The molecule has 0 aliphatic carbocycles. The summed E-state index contributed by atoms with van der Waals surface area (Å²) in [5, 5.41) is 3.78. The molecule has 2 heterocycles. The van der Waals surface area contributed by atoms with E-state index in [9.17, 15) is 0 Å². The second-order valence-corrected chi connectivity index (χ2v) is 7.28. The van der Waals surface area contributed by atoms with E-state index in [1.807, 2.05) is 0 Å². The van der Waals surface area contributed by atoms with Crippen LogP contribution in [0.3, 0.4) is 0 Å². The van der Waals surface area contributed by atoms with Crippen LogP contribution in [0.15, 0.2) is 18.2 Å². The number of hydrogen-bond donors (Lipinski definition) is 1. The van der Waals surface area contributed by atoms with Crippen molar-refractivity contribution in [1.82, 2.24) is 9.97 Å². The van der Waals surface area contributed by atoms with E-state index in [1.54, 1.807) is 17.4 Å². The molecule has 1 N–H and O–H groups in total. The molecular formula is C14H18ClN3S. The lowest BCUT2D eigenvalue weighted by Crippen LogP contribution is -2.17. The maximum atomic E-state index is 6.05. The molecule has 2 aromatic rings. The number of aryl methyl sites for hydroxylation is 1. The Morgan fingerprint density at radius 3 is 2.58 bits per heavy atom. The predicted molar refractivity (Wildman–Crippen MR) is 82.1 cm³/mol. The van der Waals surface area contributed by atoms with Gasteiger partial charge < -0.3 is 5.32 Å². The molecular weight excluding hydrogens is 278 g/mol. The van der Waals surface area contributed by atoms with Gasteiger partial charge >= 0.3 is 0 Å². The van der Waals surface area contributed by atoms with Crippen LogP contribution >= 0.6 is 22.9 Å². The van der Waals surface area contributed by atoms with Gasteiger partial charge in [0.25, 0.3) is 0 Å². The monoisotopic (exact) mass is 295 g/mol. The lowest BCUT2D eigenvalue weighted by Gasteiger charge is -2.17. The van der Waals surface area contributed by atoms with Crippen LogP contribution in [-0.4, -0.2) is 9.97 Å². The summed E-state index contributed by atoms with van der Waals surface area (Å²) < 4.78 is 0. The van der Waals surface area contributed by atoms with Gasteiger partial charge in [0.1, 0.15) is 16.8 Å². The van der Waals surface area contributed by atoms with E-state index in [4.69, 9.17) is 11.6 Å². The van der Waals surface area contributed by atoms with Crippen LogP contribution < -0.4 is 5.32 Å². The van der Waals surface area contributed by atoms with Crippen LogP contribution in [0.2, 0.25) is 5.15 Å². The first-order valence-electron chi connectivity index (χ1n) is 6.19. The van der Waals surface area contributed by atoms with Crippen molar-refractivity contribution in [3.63, 3.8) is 0 Å². The van der Waals surface area contributed by atoms with Gasteiger partial charge in [-0.15, -0.1) is 11.3 Å². The van der Waals surface area contributed by atoms with E-state index in [-0.39, 0.29) is 5.41 Å². The Kier molecular flexibility index (Phi) is 4.11. The number of halogens is 1. The number of hydrogen-bond acceptors (Lipinski definition) is 4. The fourth-order valence-corrected chi connectivity index (χ4v) is 2.61. The molecule has 0 saturated carbocycles. The molecule has 0 bridgehead atoms. The molecule has 3 nitrogen and oxygen atoms in total. The van der Waals surface area contributed by atoms with Crippen molar-refractivity contribution in [2.24, 2.45) is 0 Å². The van der Waals surface area contributed by atoms with Crippen LogP contribution in [-0.2, 0) is 12.0 Å². The van der Waals surface area contributed by atoms with Gasteiger partial charge in [0.15, 0.2) is 0 Å². The minimum Gasteiger partial charge on any atom is -0.365 e. The Bertz CT molecular complexity index is 572. The molecule has 0 aliphatic rings. The van der Waals surface area contributed by atoms with E-state index < -0.39 is 0 Å². The van der Waals surface area contributed by atoms with Gasteiger partial charge in [0.05, 0.1) is 6.54 Å². The molecule has 102 valence electrons. The average molecular weight is 296 g/mol. The fraction of sp³-hybridized carbons (Fsp3) is 0.429. The van der Waals surface area contributed by atoms with Crippen molar-refractivity contribution in [3.05, 3.63) is 38.9 Å². The third-order valence-corrected chi connectivity index (χ3v) is 3.80. The predicted octanol–water partition coefficient (Wildman–Crippen LogP) is 4.41. The molecule has 0 radical (unpaired) electrons. The van der Waals surface area contributed by atoms with Gasteiger partial charge in [-0.3, -0.25) is 0 Å². The molecule has 0 saturated heterocycles. The molecule has 0 aromatic carbocycles. The van der Waals surface area contributed by atoms with E-state index in [0.717, 1.165) is 18.2 Å². The highest BCUT2D eigenvalue weighted by atomic mass is 35.5. The fourth-order valence-electron chi connectivity index (χ4n) is 1.60. The average Bonchev–Trinajstić information content (AvgIpc) is 2.71. The second-order valence-electron chi connectivity index (χ2n) is 5.52. The summed E-state index contributed by atoms with van der Waals surface area (Å²) >= 11 is 7.84. The van der Waals surface area contributed by atoms with E-state index in [2.05, 4.69) is 55.1 Å². The van der Waals surface area contributed by atoms with Crippen molar-refractivity contribution in [2.45, 2.75) is 39.7 Å². The van der Waals surface area contributed by atoms with Crippen molar-refractivity contribution >= 4 is 28.8 Å². The van der Waals surface area contributed by atoms with Crippen molar-refractivity contribution in [3.8, 4) is 0 Å². The van der Waals surface area contributed by atoms with Crippen molar-refractivity contribution in [2.75, 3.05) is 5.32 Å². The van der Waals surface area contributed by atoms with Gasteiger partial charge in [-0.1, -0.05) is 32.4 Å². The highest BCUT2D eigenvalue weighted by molar-refractivity contribution is 7.11. The summed E-state index contributed by atoms with van der Waals surface area (Å²) in [5.74, 6) is 1.53. The van der Waals surface area contributed by atoms with E-state index >= 15 is 0 Å². The summed E-state index contributed by atoms with van der Waals surface area (Å²) in [6.07, 6.45) is 0. The smallest absolute Gasteiger partial charge is 0.137 e. The Morgan fingerprint density at radius 2 is 2.00 bits per heavy atom. The van der Waals surface area contributed by atoms with Gasteiger partial charge in [-0.05, 0) is 19.1 Å². The number of aromatic nitrogens is 2. The quantitative estimate of drug-likeness (QED) is 0.852. The lowest BCUT2D eigenvalue weighted by atomic mass is 9.96. The molecule has 19 heavy (non-hydrogen) atoms. The highest BCUT2D eigenvalue weighted by Gasteiger charge is 2.18. The van der Waals surface area contributed by atoms with Gasteiger partial charge in [-0.2, -0.15) is 0 Å². The van der Waals surface area contributed by atoms with Crippen LogP contribution in [0, 0.1) is 6.92 Å². The van der Waals surface area contributed by atoms with Crippen molar-refractivity contribution in [1.29, 1.82) is 0 Å². The Labute approximate surface area is 123 Å². The summed E-state index contributed by atoms with van der Waals surface area (Å²) in [5.41, 5.74) is -0.110. The zero-order chi connectivity index (χ0) is 14.0. The molecule has 0 unspecified atom stereocenters. The summed E-state index contributed by atoms with van der Waals surface area (Å²) in [6, 6.07) is 6.01. The second kappa shape index (κ2) is 5.47. The molecule has 0 aliphatic heterocycles. The Hall–Kier alpha value is -1.13. The van der Waals surface area contributed by atoms with Gasteiger partial charge in [0, 0.05) is 21.2 Å². The lowest BCUT2D eigenvalue weighted by molar-refractivity contribution is 0.546. The Morgan fingerprint density at radius 1 is 1.26 bits per heavy atom. The molecule has 0 amide bonds. The van der Waals surface area contributed by atoms with E-state index in [1.165, 1.54) is 9.75 Å². The van der Waals surface area contributed by atoms with Gasteiger partial charge in [-0.25, -0.2) is 9.97 Å². The number of anilines is 1. The zero-order valence-corrected chi connectivity index (χ0v) is 13.2. The third-order valence-electron chi connectivity index (χ3n) is 2.61. The molecule has 2 rings (SSSR count). The number of thiophene rings is 1. The minimum atomic E-state index is -0.110. The van der Waals surface area contributed by atoms with Crippen LogP contribution in [0.4, 0.5) is 5.82 Å². The first-order valence-corrected chi connectivity index (χ1v) is 7.38. The SMILES string of the molecule is Cc1ccc(CNc2cc(Cl)nc(C(C)(C)C)n2)s1. The first kappa shape index (κ1) is 14.3. The molecule has 0 spiro atoms. The summed E-state index contributed by atoms with van der Waals surface area (Å²) in [4.78, 5) is 11.4. The molecule has 0 fully saturated rings. The maximum Gasteiger partial charge on any atom is 0.137 e. The van der Waals surface area contributed by atoms with E-state index in [0.29, 0.717) is 5.15 Å². The largest absolute Gasteiger partial charge is 0.365 e. The summed E-state index contributed by atoms with van der Waals surface area (Å²) in [7, 11) is 0. The maximum absolute atomic E-state index is 6.05. The summed E-state index contributed by atoms with van der Waals surface area (Å²) in [6.45, 7) is 9.09. The van der Waals surface area contributed by atoms with Crippen molar-refractivity contribution < 1.29 is 0 Å². The standard InChI is InChI=1S/C14H18ClN3S/c1-9-5-6-10(19-9)8-16-12-7-11(15)17-13(18-12)14(2,3)4/h5-7H,8H2,1-4H3,(H,16,17,18). The molecule has 2 aromatic heterocycles. The number of rotatable bonds is 3. The molecule has 0 atom stereocenters. The third kappa shape index (κ3) is 3.91. The normalized spacial score (nSPS) is 11.6. The van der Waals surface area contributed by atoms with Crippen LogP contribution in [0.25, 0.3) is 0 Å². The first-order chi connectivity index (χ1) is 8.84. The topological polar surface area (TPSA) is 37.8 Å². The Balaban J connectivity index is 2.14. The van der Waals surface area contributed by atoms with Gasteiger partial charge in [0.2, 0.25) is 0 Å². The van der Waals surface area contributed by atoms with Crippen LogP contribution in [0.5, 0.6) is 0 Å². The minimum absolute atomic E-state index is 0.110. The number of nitrogens with zero attached hydrogens (tertiary/aromatic N) is 2.